The Hall–Kier alpha value is -3.86. The average Bonchev–Trinajstić information content (AvgIpc) is 3.21. The van der Waals surface area contributed by atoms with E-state index < -0.39 is 0 Å². The number of hydrogen-bond donors (Lipinski definition) is 0. The van der Waals surface area contributed by atoms with Crippen molar-refractivity contribution >= 4 is 27.7 Å². The first kappa shape index (κ1) is 22.3. The largest absolute Gasteiger partial charge is 0.497 e. The summed E-state index contributed by atoms with van der Waals surface area (Å²) in [4.78, 5) is 19.8. The maximum Gasteiger partial charge on any atom is 0.243 e. The Morgan fingerprint density at radius 1 is 1.06 bits per heavy atom. The number of carbonyl (C=O) groups excluding carboxylic acids is 1. The van der Waals surface area contributed by atoms with Crippen molar-refractivity contribution in [1.82, 2.24) is 14.5 Å². The molecule has 1 amide bonds. The number of amides is 1. The van der Waals surface area contributed by atoms with Crippen LogP contribution < -0.4 is 4.74 Å². The quantitative estimate of drug-likeness (QED) is 0.321. The van der Waals surface area contributed by atoms with E-state index in [1.165, 1.54) is 0 Å². The van der Waals surface area contributed by atoms with E-state index in [0.29, 0.717) is 13.1 Å². The van der Waals surface area contributed by atoms with Crippen LogP contribution in [0.2, 0.25) is 0 Å². The molecule has 0 fully saturated rings. The number of benzene rings is 3. The summed E-state index contributed by atoms with van der Waals surface area (Å²) in [6.07, 6.45) is 3.47. The maximum absolute atomic E-state index is 13.2. The number of ether oxygens (including phenoxy) is 1. The van der Waals surface area contributed by atoms with E-state index in [1.54, 1.807) is 24.2 Å². The van der Waals surface area contributed by atoms with Crippen LogP contribution in [0.15, 0.2) is 86.0 Å². The fourth-order valence-corrected chi connectivity index (χ4v) is 4.20. The Labute approximate surface area is 194 Å². The average molecular weight is 440 g/mol. The SMILES string of the molecule is C=CCN(CC=C)C(=O)Cn1c(C(C)c2ccc3cc(OC)ccc3c2)nc2ccccc21. The highest BCUT2D eigenvalue weighted by Gasteiger charge is 2.22. The molecule has 0 radical (unpaired) electrons. The Morgan fingerprint density at radius 3 is 2.48 bits per heavy atom. The van der Waals surface area contributed by atoms with E-state index >= 15 is 0 Å². The van der Waals surface area contributed by atoms with Crippen LogP contribution in [0.4, 0.5) is 0 Å². The summed E-state index contributed by atoms with van der Waals surface area (Å²) in [6, 6.07) is 20.5. The van der Waals surface area contributed by atoms with Crippen molar-refractivity contribution in [2.45, 2.75) is 19.4 Å². The topological polar surface area (TPSA) is 47.4 Å². The van der Waals surface area contributed by atoms with Gasteiger partial charge in [-0.15, -0.1) is 13.2 Å². The molecular formula is C28H29N3O2. The molecule has 4 aromatic rings. The van der Waals surface area contributed by atoms with Gasteiger partial charge in [0.25, 0.3) is 0 Å². The third-order valence-corrected chi connectivity index (χ3v) is 5.99. The van der Waals surface area contributed by atoms with Crippen molar-refractivity contribution < 1.29 is 9.53 Å². The van der Waals surface area contributed by atoms with Crippen molar-refractivity contribution in [1.29, 1.82) is 0 Å². The molecule has 168 valence electrons. The van der Waals surface area contributed by atoms with Gasteiger partial charge in [0.15, 0.2) is 0 Å². The van der Waals surface area contributed by atoms with Gasteiger partial charge >= 0.3 is 0 Å². The van der Waals surface area contributed by atoms with Crippen molar-refractivity contribution in [3.63, 3.8) is 0 Å². The number of methoxy groups -OCH3 is 1. The summed E-state index contributed by atoms with van der Waals surface area (Å²) in [6.45, 7) is 10.9. The second-order valence-corrected chi connectivity index (χ2v) is 8.12. The van der Waals surface area contributed by atoms with Crippen LogP contribution in [0.3, 0.4) is 0 Å². The molecule has 0 aliphatic carbocycles. The van der Waals surface area contributed by atoms with Gasteiger partial charge < -0.3 is 14.2 Å². The number of carbonyl (C=O) groups is 1. The molecule has 5 nitrogen and oxygen atoms in total. The summed E-state index contributed by atoms with van der Waals surface area (Å²) in [5.74, 6) is 1.72. The van der Waals surface area contributed by atoms with Gasteiger partial charge in [0.1, 0.15) is 18.1 Å². The van der Waals surface area contributed by atoms with Crippen LogP contribution in [0.1, 0.15) is 24.2 Å². The number of hydrogen-bond acceptors (Lipinski definition) is 3. The summed E-state index contributed by atoms with van der Waals surface area (Å²) < 4.78 is 7.39. The molecule has 0 saturated carbocycles. The molecule has 0 bridgehead atoms. The first-order valence-electron chi connectivity index (χ1n) is 11.1. The number of nitrogens with zero attached hydrogens (tertiary/aromatic N) is 3. The molecule has 1 unspecified atom stereocenters. The second-order valence-electron chi connectivity index (χ2n) is 8.12. The van der Waals surface area contributed by atoms with E-state index in [-0.39, 0.29) is 18.4 Å². The van der Waals surface area contributed by atoms with E-state index in [4.69, 9.17) is 9.72 Å². The Kier molecular flexibility index (Phi) is 6.59. The number of rotatable bonds is 9. The zero-order valence-electron chi connectivity index (χ0n) is 19.2. The fraction of sp³-hybridized carbons (Fsp3) is 0.214. The molecule has 0 aliphatic heterocycles. The summed E-state index contributed by atoms with van der Waals surface area (Å²) in [7, 11) is 1.68. The normalized spacial score (nSPS) is 11.9. The lowest BCUT2D eigenvalue weighted by atomic mass is 9.97. The van der Waals surface area contributed by atoms with Gasteiger partial charge in [-0.2, -0.15) is 0 Å². The summed E-state index contributed by atoms with van der Waals surface area (Å²) >= 11 is 0. The zero-order valence-corrected chi connectivity index (χ0v) is 19.2. The van der Waals surface area contributed by atoms with Crippen LogP contribution in [0, 0.1) is 0 Å². The van der Waals surface area contributed by atoms with Gasteiger partial charge in [0.05, 0.1) is 18.1 Å². The highest BCUT2D eigenvalue weighted by atomic mass is 16.5. The lowest BCUT2D eigenvalue weighted by Crippen LogP contribution is -2.34. The molecule has 4 rings (SSSR count). The van der Waals surface area contributed by atoms with Gasteiger partial charge in [-0.25, -0.2) is 4.98 Å². The standard InChI is InChI=1S/C28H29N3O2/c1-5-15-30(16-6-2)27(32)19-31-26-10-8-7-9-25(26)29-28(31)20(3)21-11-12-23-18-24(33-4)14-13-22(23)17-21/h5-14,17-18,20H,1-2,15-16,19H2,3-4H3. The number of fused-ring (bicyclic) bond motifs is 2. The van der Waals surface area contributed by atoms with Crippen LogP contribution in [0.25, 0.3) is 21.8 Å². The molecule has 0 saturated heterocycles. The Balaban J connectivity index is 1.74. The smallest absolute Gasteiger partial charge is 0.243 e. The molecule has 0 N–H and O–H groups in total. The van der Waals surface area contributed by atoms with Crippen LogP contribution in [-0.4, -0.2) is 40.6 Å². The number of aromatic nitrogens is 2. The van der Waals surface area contributed by atoms with Gasteiger partial charge in [-0.1, -0.05) is 55.5 Å². The maximum atomic E-state index is 13.2. The molecule has 0 aliphatic rings. The van der Waals surface area contributed by atoms with Gasteiger partial charge in [0.2, 0.25) is 5.91 Å². The van der Waals surface area contributed by atoms with Gasteiger partial charge in [-0.05, 0) is 40.6 Å². The zero-order chi connectivity index (χ0) is 23.4. The van der Waals surface area contributed by atoms with E-state index in [9.17, 15) is 4.79 Å². The minimum atomic E-state index is 0.00367. The lowest BCUT2D eigenvalue weighted by molar-refractivity contribution is -0.130. The second kappa shape index (κ2) is 9.74. The monoisotopic (exact) mass is 439 g/mol. The van der Waals surface area contributed by atoms with Gasteiger partial charge in [0, 0.05) is 19.0 Å². The van der Waals surface area contributed by atoms with Crippen LogP contribution in [-0.2, 0) is 11.3 Å². The third kappa shape index (κ3) is 4.53. The Morgan fingerprint density at radius 2 is 1.76 bits per heavy atom. The minimum absolute atomic E-state index is 0.00367. The predicted octanol–water partition coefficient (Wildman–Crippen LogP) is 5.55. The first-order valence-corrected chi connectivity index (χ1v) is 11.1. The highest BCUT2D eigenvalue weighted by molar-refractivity contribution is 5.85. The molecule has 5 heteroatoms. The highest BCUT2D eigenvalue weighted by Crippen LogP contribution is 2.30. The van der Waals surface area contributed by atoms with E-state index in [0.717, 1.165) is 38.9 Å². The van der Waals surface area contributed by atoms with Crippen LogP contribution >= 0.6 is 0 Å². The first-order chi connectivity index (χ1) is 16.0. The molecule has 33 heavy (non-hydrogen) atoms. The molecular weight excluding hydrogens is 410 g/mol. The Bertz CT molecular complexity index is 1310. The molecule has 1 atom stereocenters. The molecule has 0 spiro atoms. The molecule has 3 aromatic carbocycles. The predicted molar refractivity (Wildman–Crippen MR) is 135 cm³/mol. The number of para-hydroxylation sites is 2. The van der Waals surface area contributed by atoms with Crippen molar-refractivity contribution in [2.24, 2.45) is 0 Å². The van der Waals surface area contributed by atoms with Crippen molar-refractivity contribution in [3.8, 4) is 5.75 Å². The van der Waals surface area contributed by atoms with Crippen LogP contribution in [0.5, 0.6) is 5.75 Å². The van der Waals surface area contributed by atoms with E-state index in [1.807, 2.05) is 41.0 Å². The molecule has 1 heterocycles. The minimum Gasteiger partial charge on any atom is -0.497 e. The third-order valence-electron chi connectivity index (χ3n) is 5.99. The molecule has 1 aromatic heterocycles. The van der Waals surface area contributed by atoms with Gasteiger partial charge in [-0.3, -0.25) is 4.79 Å². The number of imidazole rings is 1. The fourth-order valence-electron chi connectivity index (χ4n) is 4.20. The van der Waals surface area contributed by atoms with Crippen molar-refractivity contribution in [3.05, 3.63) is 97.4 Å². The lowest BCUT2D eigenvalue weighted by Gasteiger charge is -2.21. The summed E-state index contributed by atoms with van der Waals surface area (Å²) in [5, 5.41) is 2.26. The summed E-state index contributed by atoms with van der Waals surface area (Å²) in [5.41, 5.74) is 2.98. The van der Waals surface area contributed by atoms with E-state index in [2.05, 4.69) is 44.3 Å². The van der Waals surface area contributed by atoms with Crippen molar-refractivity contribution in [2.75, 3.05) is 20.2 Å².